The van der Waals surface area contributed by atoms with Crippen molar-refractivity contribution in [3.63, 3.8) is 0 Å². The van der Waals surface area contributed by atoms with E-state index in [0.29, 0.717) is 19.4 Å². The number of carboxylic acids is 1. The van der Waals surface area contributed by atoms with Crippen molar-refractivity contribution in [2.75, 3.05) is 6.54 Å². The van der Waals surface area contributed by atoms with Crippen molar-refractivity contribution in [3.05, 3.63) is 0 Å². The van der Waals surface area contributed by atoms with Crippen LogP contribution in [0.25, 0.3) is 0 Å². The van der Waals surface area contributed by atoms with E-state index in [4.69, 9.17) is 16.6 Å². The van der Waals surface area contributed by atoms with Crippen LogP contribution >= 0.6 is 0 Å². The van der Waals surface area contributed by atoms with Crippen LogP contribution in [0.1, 0.15) is 19.3 Å². The summed E-state index contributed by atoms with van der Waals surface area (Å²) in [4.78, 5) is 10.0. The van der Waals surface area contributed by atoms with Gasteiger partial charge in [0.15, 0.2) is 0 Å². The molecule has 0 aromatic heterocycles. The van der Waals surface area contributed by atoms with Crippen LogP contribution in [-0.2, 0) is 4.79 Å². The van der Waals surface area contributed by atoms with Crippen LogP contribution in [0.3, 0.4) is 0 Å². The average Bonchev–Trinajstić information content (AvgIpc) is 1.85. The maximum atomic E-state index is 10.0. The summed E-state index contributed by atoms with van der Waals surface area (Å²) in [6, 6.07) is -0.0545. The monoisotopic (exact) mass is 146 g/mol. The summed E-state index contributed by atoms with van der Waals surface area (Å²) in [5, 5.41) is 8.24. The van der Waals surface area contributed by atoms with Gasteiger partial charge in [-0.15, -0.1) is 0 Å². The molecule has 4 heteroatoms. The Kier molecular flexibility index (Phi) is 4.88. The Bertz CT molecular complexity index is 106. The number of carbonyl (C=O) groups is 1. The van der Waals surface area contributed by atoms with Gasteiger partial charge in [0.05, 0.1) is 0 Å². The van der Waals surface area contributed by atoms with E-state index in [2.05, 4.69) is 0 Å². The van der Waals surface area contributed by atoms with E-state index >= 15 is 0 Å². The lowest BCUT2D eigenvalue weighted by Gasteiger charge is -2.06. The quantitative estimate of drug-likeness (QED) is 0.489. The molecule has 0 saturated heterocycles. The van der Waals surface area contributed by atoms with Crippen molar-refractivity contribution in [1.29, 1.82) is 0 Å². The van der Waals surface area contributed by atoms with Gasteiger partial charge in [0.1, 0.15) is 0 Å². The highest BCUT2D eigenvalue weighted by Gasteiger charge is 2.03. The molecule has 0 spiro atoms. The fourth-order valence-electron chi connectivity index (χ4n) is 0.667. The van der Waals surface area contributed by atoms with E-state index in [1.165, 1.54) is 0 Å². The van der Waals surface area contributed by atoms with Crippen molar-refractivity contribution in [3.8, 4) is 0 Å². The van der Waals surface area contributed by atoms with Crippen LogP contribution in [0.5, 0.6) is 0 Å². The van der Waals surface area contributed by atoms with Crippen molar-refractivity contribution in [2.24, 2.45) is 11.5 Å². The van der Waals surface area contributed by atoms with E-state index in [-0.39, 0.29) is 12.5 Å². The van der Waals surface area contributed by atoms with Crippen molar-refractivity contribution >= 4 is 5.97 Å². The fraction of sp³-hybridized carbons (Fsp3) is 0.833. The van der Waals surface area contributed by atoms with Gasteiger partial charge in [-0.25, -0.2) is 0 Å². The maximum Gasteiger partial charge on any atom is 0.303 e. The molecule has 0 saturated carbocycles. The van der Waals surface area contributed by atoms with Gasteiger partial charge in [0.25, 0.3) is 0 Å². The smallest absolute Gasteiger partial charge is 0.303 e. The molecule has 0 aromatic rings. The predicted molar refractivity (Wildman–Crippen MR) is 38.5 cm³/mol. The van der Waals surface area contributed by atoms with Crippen LogP contribution in [0.15, 0.2) is 0 Å². The molecule has 0 amide bonds. The third-order valence-electron chi connectivity index (χ3n) is 1.27. The zero-order valence-corrected chi connectivity index (χ0v) is 5.92. The van der Waals surface area contributed by atoms with Crippen molar-refractivity contribution in [2.45, 2.75) is 25.3 Å². The first kappa shape index (κ1) is 9.39. The van der Waals surface area contributed by atoms with Gasteiger partial charge in [-0.05, 0) is 19.4 Å². The molecular weight excluding hydrogens is 132 g/mol. The Balaban J connectivity index is 3.21. The molecule has 5 N–H and O–H groups in total. The minimum Gasteiger partial charge on any atom is -0.481 e. The van der Waals surface area contributed by atoms with E-state index < -0.39 is 5.97 Å². The van der Waals surface area contributed by atoms with E-state index in [1.54, 1.807) is 0 Å². The molecule has 0 fully saturated rings. The van der Waals surface area contributed by atoms with Gasteiger partial charge in [-0.3, -0.25) is 4.79 Å². The van der Waals surface area contributed by atoms with Crippen LogP contribution in [-0.4, -0.2) is 23.7 Å². The van der Waals surface area contributed by atoms with Crippen molar-refractivity contribution in [1.82, 2.24) is 0 Å². The Morgan fingerprint density at radius 2 is 2.10 bits per heavy atom. The molecule has 0 aliphatic heterocycles. The van der Waals surface area contributed by atoms with E-state index in [1.807, 2.05) is 0 Å². The summed E-state index contributed by atoms with van der Waals surface area (Å²) in [5.41, 5.74) is 10.7. The molecule has 0 rings (SSSR count). The minimum absolute atomic E-state index is 0.0545. The first-order chi connectivity index (χ1) is 4.66. The summed E-state index contributed by atoms with van der Waals surface area (Å²) in [5.74, 6) is -0.799. The van der Waals surface area contributed by atoms with Crippen LogP contribution < -0.4 is 11.5 Å². The molecule has 4 nitrogen and oxygen atoms in total. The van der Waals surface area contributed by atoms with Gasteiger partial charge < -0.3 is 16.6 Å². The average molecular weight is 146 g/mol. The molecule has 1 unspecified atom stereocenters. The number of carboxylic acid groups (broad SMARTS) is 1. The summed E-state index contributed by atoms with van der Waals surface area (Å²) in [6.07, 6.45) is 1.36. The number of hydrogen-bond acceptors (Lipinski definition) is 3. The highest BCUT2D eigenvalue weighted by molar-refractivity contribution is 5.66. The van der Waals surface area contributed by atoms with Crippen molar-refractivity contribution < 1.29 is 9.90 Å². The van der Waals surface area contributed by atoms with Gasteiger partial charge >= 0.3 is 5.97 Å². The third-order valence-corrected chi connectivity index (χ3v) is 1.27. The molecule has 0 aliphatic rings. The molecule has 10 heavy (non-hydrogen) atoms. The van der Waals surface area contributed by atoms with Gasteiger partial charge in [0.2, 0.25) is 0 Å². The second-order valence-corrected chi connectivity index (χ2v) is 2.27. The third kappa shape index (κ3) is 5.53. The number of rotatable bonds is 5. The van der Waals surface area contributed by atoms with Gasteiger partial charge in [0, 0.05) is 12.5 Å². The van der Waals surface area contributed by atoms with Crippen LogP contribution in [0, 0.1) is 0 Å². The minimum atomic E-state index is -0.799. The van der Waals surface area contributed by atoms with Crippen LogP contribution in [0.4, 0.5) is 0 Å². The zero-order valence-electron chi connectivity index (χ0n) is 5.92. The highest BCUT2D eigenvalue weighted by atomic mass is 16.4. The molecule has 0 radical (unpaired) electrons. The topological polar surface area (TPSA) is 89.3 Å². The van der Waals surface area contributed by atoms with Gasteiger partial charge in [-0.1, -0.05) is 0 Å². The molecule has 0 aliphatic carbocycles. The first-order valence-electron chi connectivity index (χ1n) is 3.34. The van der Waals surface area contributed by atoms with Crippen LogP contribution in [0.2, 0.25) is 0 Å². The summed E-state index contributed by atoms with van der Waals surface area (Å²) in [7, 11) is 0. The summed E-state index contributed by atoms with van der Waals surface area (Å²) < 4.78 is 0. The Morgan fingerprint density at radius 1 is 1.50 bits per heavy atom. The molecular formula is C6H14N2O2. The predicted octanol–water partition coefficient (Wildman–Crippen LogP) is -0.473. The Morgan fingerprint density at radius 3 is 2.50 bits per heavy atom. The van der Waals surface area contributed by atoms with E-state index in [0.717, 1.165) is 0 Å². The molecule has 0 heterocycles. The molecule has 1 atom stereocenters. The standard InChI is InChI=1S/C6H14N2O2/c7-4-3-5(8)1-2-6(9)10/h5H,1-4,7-8H2,(H,9,10). The highest BCUT2D eigenvalue weighted by Crippen LogP contribution is 1.96. The number of aliphatic carboxylic acids is 1. The lowest BCUT2D eigenvalue weighted by atomic mass is 10.1. The van der Waals surface area contributed by atoms with Gasteiger partial charge in [-0.2, -0.15) is 0 Å². The fourth-order valence-corrected chi connectivity index (χ4v) is 0.667. The maximum absolute atomic E-state index is 10.0. The Hall–Kier alpha value is -0.610. The Labute approximate surface area is 60.2 Å². The summed E-state index contributed by atoms with van der Waals surface area (Å²) >= 11 is 0. The normalized spacial score (nSPS) is 13.0. The SMILES string of the molecule is NCCC(N)CCC(=O)O. The molecule has 0 aromatic carbocycles. The molecule has 60 valence electrons. The summed E-state index contributed by atoms with van der Waals surface area (Å²) in [6.45, 7) is 0.529. The first-order valence-corrected chi connectivity index (χ1v) is 3.34. The lowest BCUT2D eigenvalue weighted by molar-refractivity contribution is -0.137. The number of nitrogens with two attached hydrogens (primary N) is 2. The second-order valence-electron chi connectivity index (χ2n) is 2.27. The van der Waals surface area contributed by atoms with E-state index in [9.17, 15) is 4.79 Å². The lowest BCUT2D eigenvalue weighted by Crippen LogP contribution is -2.24. The largest absolute Gasteiger partial charge is 0.481 e. The number of hydrogen-bond donors (Lipinski definition) is 3. The second kappa shape index (κ2) is 5.20. The zero-order chi connectivity index (χ0) is 7.98. The molecule has 0 bridgehead atoms.